The fourth-order valence-corrected chi connectivity index (χ4v) is 2.22. The fourth-order valence-electron chi connectivity index (χ4n) is 2.22. The van der Waals surface area contributed by atoms with Crippen molar-refractivity contribution in [3.05, 3.63) is 48.8 Å². The molecule has 0 radical (unpaired) electrons. The molecule has 0 N–H and O–H groups in total. The first-order valence-corrected chi connectivity index (χ1v) is 6.18. The van der Waals surface area contributed by atoms with Crippen molar-refractivity contribution in [3.63, 3.8) is 0 Å². The molecule has 2 rings (SSSR count). The van der Waals surface area contributed by atoms with Gasteiger partial charge in [0.25, 0.3) is 0 Å². The van der Waals surface area contributed by atoms with Gasteiger partial charge in [-0.25, -0.2) is 4.98 Å². The molecule has 0 aliphatic rings. The van der Waals surface area contributed by atoms with Gasteiger partial charge in [0.2, 0.25) is 0 Å². The minimum Gasteiger partial charge on any atom is -0.334 e. The average Bonchev–Trinajstić information content (AvgIpc) is 2.90. The van der Waals surface area contributed by atoms with Crippen LogP contribution in [0.2, 0.25) is 0 Å². The highest BCUT2D eigenvalue weighted by Crippen LogP contribution is 2.27. The molecule has 0 amide bonds. The Morgan fingerprint density at radius 1 is 1.18 bits per heavy atom. The van der Waals surface area contributed by atoms with E-state index in [4.69, 9.17) is 0 Å². The van der Waals surface area contributed by atoms with Crippen LogP contribution in [0.15, 0.2) is 43.2 Å². The van der Waals surface area contributed by atoms with Crippen LogP contribution in [0.5, 0.6) is 0 Å². The summed E-state index contributed by atoms with van der Waals surface area (Å²) in [6.07, 6.45) is 11.8. The molecule has 0 aliphatic heterocycles. The van der Waals surface area contributed by atoms with Crippen LogP contribution in [-0.4, -0.2) is 14.5 Å². The highest BCUT2D eigenvalue weighted by Gasteiger charge is 2.14. The third-order valence-electron chi connectivity index (χ3n) is 3.32. The normalized spacial score (nSPS) is 14.5. The van der Waals surface area contributed by atoms with Gasteiger partial charge in [-0.3, -0.25) is 4.98 Å². The Labute approximate surface area is 103 Å². The summed E-state index contributed by atoms with van der Waals surface area (Å²) in [6.45, 7) is 4.50. The summed E-state index contributed by atoms with van der Waals surface area (Å²) in [5.41, 5.74) is 1.36. The molecule has 0 fully saturated rings. The second-order valence-corrected chi connectivity index (χ2v) is 4.49. The molecule has 2 aromatic rings. The Bertz CT molecular complexity index is 422. The maximum Gasteiger partial charge on any atom is 0.0948 e. The van der Waals surface area contributed by atoms with Crippen LogP contribution in [0.3, 0.4) is 0 Å². The number of hydrogen-bond donors (Lipinski definition) is 0. The van der Waals surface area contributed by atoms with E-state index in [2.05, 4.69) is 40.5 Å². The third-order valence-corrected chi connectivity index (χ3v) is 3.32. The molecule has 90 valence electrons. The molecule has 2 atom stereocenters. The van der Waals surface area contributed by atoms with Crippen molar-refractivity contribution >= 4 is 0 Å². The number of imidazole rings is 1. The van der Waals surface area contributed by atoms with E-state index in [1.165, 1.54) is 5.56 Å². The lowest BCUT2D eigenvalue weighted by atomic mass is 9.93. The Balaban J connectivity index is 2.05. The van der Waals surface area contributed by atoms with Gasteiger partial charge in [-0.05, 0) is 36.5 Å². The smallest absolute Gasteiger partial charge is 0.0948 e. The zero-order valence-corrected chi connectivity index (χ0v) is 10.5. The van der Waals surface area contributed by atoms with E-state index in [9.17, 15) is 0 Å². The van der Waals surface area contributed by atoms with Gasteiger partial charge in [0.05, 0.1) is 6.33 Å². The van der Waals surface area contributed by atoms with Crippen LogP contribution in [0.1, 0.15) is 44.2 Å². The Hall–Kier alpha value is -1.64. The summed E-state index contributed by atoms with van der Waals surface area (Å²) in [5.74, 6) is 0.547. The Morgan fingerprint density at radius 2 is 1.94 bits per heavy atom. The summed E-state index contributed by atoms with van der Waals surface area (Å²) in [4.78, 5) is 8.19. The monoisotopic (exact) mass is 229 g/mol. The van der Waals surface area contributed by atoms with Gasteiger partial charge < -0.3 is 4.57 Å². The van der Waals surface area contributed by atoms with E-state index in [1.54, 1.807) is 0 Å². The number of hydrogen-bond acceptors (Lipinski definition) is 2. The Kier molecular flexibility index (Phi) is 3.91. The molecule has 0 spiro atoms. The standard InChI is InChI=1S/C14H19N3/c1-3-14(17-9-8-16-11-17)10-12(2)13-4-6-15-7-5-13/h4-9,11-12,14H,3,10H2,1-2H3. The summed E-state index contributed by atoms with van der Waals surface area (Å²) in [7, 11) is 0. The van der Waals surface area contributed by atoms with E-state index in [-0.39, 0.29) is 0 Å². The summed E-state index contributed by atoms with van der Waals surface area (Å²) in [6, 6.07) is 4.73. The molecule has 3 nitrogen and oxygen atoms in total. The third kappa shape index (κ3) is 2.93. The maximum atomic E-state index is 4.12. The second kappa shape index (κ2) is 5.62. The summed E-state index contributed by atoms with van der Waals surface area (Å²) < 4.78 is 2.21. The van der Waals surface area contributed by atoms with Gasteiger partial charge in [-0.2, -0.15) is 0 Å². The van der Waals surface area contributed by atoms with Crippen LogP contribution in [-0.2, 0) is 0 Å². The minimum atomic E-state index is 0.528. The average molecular weight is 229 g/mol. The number of aromatic nitrogens is 3. The molecule has 2 aromatic heterocycles. The van der Waals surface area contributed by atoms with E-state index in [0.717, 1.165) is 12.8 Å². The van der Waals surface area contributed by atoms with Gasteiger partial charge in [-0.15, -0.1) is 0 Å². The predicted molar refractivity (Wildman–Crippen MR) is 68.8 cm³/mol. The lowest BCUT2D eigenvalue weighted by Gasteiger charge is -2.21. The number of rotatable bonds is 5. The lowest BCUT2D eigenvalue weighted by molar-refractivity contribution is 0.421. The van der Waals surface area contributed by atoms with Gasteiger partial charge in [0, 0.05) is 30.8 Å². The molecule has 2 unspecified atom stereocenters. The quantitative estimate of drug-likeness (QED) is 0.786. The zero-order chi connectivity index (χ0) is 12.1. The van der Waals surface area contributed by atoms with Crippen LogP contribution in [0, 0.1) is 0 Å². The van der Waals surface area contributed by atoms with Gasteiger partial charge in [-0.1, -0.05) is 13.8 Å². The topological polar surface area (TPSA) is 30.7 Å². The highest BCUT2D eigenvalue weighted by molar-refractivity contribution is 5.14. The van der Waals surface area contributed by atoms with Gasteiger partial charge in [0.15, 0.2) is 0 Å². The number of pyridine rings is 1. The molecule has 0 bridgehead atoms. The molecular formula is C14H19N3. The van der Waals surface area contributed by atoms with Crippen LogP contribution in [0.25, 0.3) is 0 Å². The minimum absolute atomic E-state index is 0.528. The van der Waals surface area contributed by atoms with Crippen molar-refractivity contribution in [3.8, 4) is 0 Å². The van der Waals surface area contributed by atoms with Crippen molar-refractivity contribution in [1.29, 1.82) is 0 Å². The van der Waals surface area contributed by atoms with Gasteiger partial charge in [0.1, 0.15) is 0 Å². The van der Waals surface area contributed by atoms with E-state index < -0.39 is 0 Å². The predicted octanol–water partition coefficient (Wildman–Crippen LogP) is 3.42. The zero-order valence-electron chi connectivity index (χ0n) is 10.5. The molecular weight excluding hydrogens is 210 g/mol. The molecule has 0 aromatic carbocycles. The first-order valence-electron chi connectivity index (χ1n) is 6.18. The van der Waals surface area contributed by atoms with E-state index in [0.29, 0.717) is 12.0 Å². The molecule has 0 saturated heterocycles. The molecule has 3 heteroatoms. The van der Waals surface area contributed by atoms with E-state index in [1.807, 2.05) is 31.1 Å². The first kappa shape index (κ1) is 11.8. The van der Waals surface area contributed by atoms with Crippen molar-refractivity contribution in [1.82, 2.24) is 14.5 Å². The second-order valence-electron chi connectivity index (χ2n) is 4.49. The van der Waals surface area contributed by atoms with Crippen LogP contribution < -0.4 is 0 Å². The molecule has 0 aliphatic carbocycles. The summed E-state index contributed by atoms with van der Waals surface area (Å²) >= 11 is 0. The van der Waals surface area contributed by atoms with Crippen molar-refractivity contribution in [2.45, 2.75) is 38.6 Å². The largest absolute Gasteiger partial charge is 0.334 e. The van der Waals surface area contributed by atoms with Crippen LogP contribution >= 0.6 is 0 Å². The fraction of sp³-hybridized carbons (Fsp3) is 0.429. The molecule has 17 heavy (non-hydrogen) atoms. The van der Waals surface area contributed by atoms with E-state index >= 15 is 0 Å². The SMILES string of the molecule is CCC(CC(C)c1ccncc1)n1ccnc1. The number of nitrogens with zero attached hydrogens (tertiary/aromatic N) is 3. The maximum absolute atomic E-state index is 4.12. The highest BCUT2D eigenvalue weighted by atomic mass is 15.0. The first-order chi connectivity index (χ1) is 8.31. The van der Waals surface area contributed by atoms with Crippen LogP contribution in [0.4, 0.5) is 0 Å². The lowest BCUT2D eigenvalue weighted by Crippen LogP contribution is -2.09. The van der Waals surface area contributed by atoms with Gasteiger partial charge >= 0.3 is 0 Å². The Morgan fingerprint density at radius 3 is 2.53 bits per heavy atom. The molecule has 2 heterocycles. The van der Waals surface area contributed by atoms with Crippen molar-refractivity contribution in [2.75, 3.05) is 0 Å². The molecule has 0 saturated carbocycles. The van der Waals surface area contributed by atoms with Crippen molar-refractivity contribution in [2.24, 2.45) is 0 Å². The van der Waals surface area contributed by atoms with Crippen molar-refractivity contribution < 1.29 is 0 Å². The summed E-state index contributed by atoms with van der Waals surface area (Å²) in [5, 5.41) is 0.